The Bertz CT molecular complexity index is 462. The Kier molecular flexibility index (Phi) is 5.46. The van der Waals surface area contributed by atoms with Crippen LogP contribution in [-0.4, -0.2) is 36.2 Å². The minimum atomic E-state index is -0.604. The van der Waals surface area contributed by atoms with E-state index in [0.29, 0.717) is 0 Å². The molecule has 7 heteroatoms. The fraction of sp³-hybridized carbons (Fsp3) is 0.733. The normalized spacial score (nSPS) is 21.3. The molecule has 1 aliphatic rings. The molecule has 0 unspecified atom stereocenters. The van der Waals surface area contributed by atoms with E-state index in [1.54, 1.807) is 20.8 Å². The van der Waals surface area contributed by atoms with Gasteiger partial charge in [0.15, 0.2) is 0 Å². The minimum Gasteiger partial charge on any atom is -0.443 e. The predicted octanol–water partition coefficient (Wildman–Crippen LogP) is 3.07. The number of rotatable bonds is 3. The summed E-state index contributed by atoms with van der Waals surface area (Å²) in [6.45, 7) is 15.2. The molecule has 1 saturated heterocycles. The van der Waals surface area contributed by atoms with Crippen LogP contribution < -0.4 is 5.43 Å². The van der Waals surface area contributed by atoms with Gasteiger partial charge in [0.05, 0.1) is 11.2 Å². The van der Waals surface area contributed by atoms with Gasteiger partial charge in [-0.1, -0.05) is 6.08 Å². The fourth-order valence-electron chi connectivity index (χ4n) is 1.71. The number of hydrogen-bond acceptors (Lipinski definition) is 5. The SMILES string of the molecule is C/C=C(\C=N/NC(=O)OC(C)(C)C)B1OC(C)(C)C(C)(C)O1. The van der Waals surface area contributed by atoms with Gasteiger partial charge in [-0.05, 0) is 60.9 Å². The first-order chi connectivity index (χ1) is 9.88. The number of nitrogens with zero attached hydrogens (tertiary/aromatic N) is 1. The molecule has 1 amide bonds. The van der Waals surface area contributed by atoms with E-state index in [9.17, 15) is 4.79 Å². The first-order valence-corrected chi connectivity index (χ1v) is 7.42. The van der Waals surface area contributed by atoms with Crippen LogP contribution in [0, 0.1) is 0 Å². The minimum absolute atomic E-state index is 0.418. The summed E-state index contributed by atoms with van der Waals surface area (Å²) in [5, 5.41) is 3.89. The highest BCUT2D eigenvalue weighted by molar-refractivity contribution is 6.60. The van der Waals surface area contributed by atoms with E-state index in [1.807, 2.05) is 40.7 Å². The molecule has 0 aliphatic carbocycles. The van der Waals surface area contributed by atoms with E-state index in [-0.39, 0.29) is 0 Å². The molecule has 0 atom stereocenters. The van der Waals surface area contributed by atoms with Crippen LogP contribution in [0.15, 0.2) is 16.6 Å². The lowest BCUT2D eigenvalue weighted by Crippen LogP contribution is -2.41. The first-order valence-electron chi connectivity index (χ1n) is 7.42. The Morgan fingerprint density at radius 1 is 1.18 bits per heavy atom. The number of amides is 1. The van der Waals surface area contributed by atoms with Crippen molar-refractivity contribution in [3.05, 3.63) is 11.5 Å². The standard InChI is InChI=1S/C15H27BN2O4/c1-9-11(10-17-18-12(19)20-13(2,3)4)16-21-14(5,6)15(7,8)22-16/h9-10H,1-8H3,(H,18,19)/b11-9+,17-10-. The molecule has 0 radical (unpaired) electrons. The molecule has 1 heterocycles. The molecule has 0 bridgehead atoms. The number of carbonyl (C=O) groups is 1. The number of ether oxygens (including phenoxy) is 1. The third kappa shape index (κ3) is 4.85. The summed E-state index contributed by atoms with van der Waals surface area (Å²) in [7, 11) is -0.515. The van der Waals surface area contributed by atoms with Gasteiger partial charge in [-0.3, -0.25) is 0 Å². The largest absolute Gasteiger partial charge is 0.496 e. The topological polar surface area (TPSA) is 69.2 Å². The zero-order valence-corrected chi connectivity index (χ0v) is 14.8. The van der Waals surface area contributed by atoms with Crippen molar-refractivity contribution in [1.29, 1.82) is 0 Å². The zero-order chi connectivity index (χ0) is 17.2. The van der Waals surface area contributed by atoms with Crippen LogP contribution >= 0.6 is 0 Å². The molecule has 1 fully saturated rings. The lowest BCUT2D eigenvalue weighted by molar-refractivity contribution is 0.00578. The number of carbonyl (C=O) groups excluding carboxylic acids is 1. The molecule has 1 aliphatic heterocycles. The monoisotopic (exact) mass is 310 g/mol. The van der Waals surface area contributed by atoms with Gasteiger partial charge < -0.3 is 14.0 Å². The molecule has 0 spiro atoms. The Labute approximate surface area is 133 Å². The Morgan fingerprint density at radius 2 is 1.68 bits per heavy atom. The van der Waals surface area contributed by atoms with Gasteiger partial charge >= 0.3 is 13.2 Å². The quantitative estimate of drug-likeness (QED) is 0.494. The van der Waals surface area contributed by atoms with Crippen LogP contribution in [0.2, 0.25) is 0 Å². The van der Waals surface area contributed by atoms with Crippen molar-refractivity contribution in [3.8, 4) is 0 Å². The molecular formula is C15H27BN2O4. The van der Waals surface area contributed by atoms with E-state index in [2.05, 4.69) is 10.5 Å². The van der Waals surface area contributed by atoms with E-state index < -0.39 is 30.0 Å². The second-order valence-corrected chi connectivity index (χ2v) is 7.25. The molecule has 0 aromatic carbocycles. The van der Waals surface area contributed by atoms with Crippen molar-refractivity contribution < 1.29 is 18.8 Å². The van der Waals surface area contributed by atoms with Crippen molar-refractivity contribution in [3.63, 3.8) is 0 Å². The average Bonchev–Trinajstić information content (AvgIpc) is 2.51. The fourth-order valence-corrected chi connectivity index (χ4v) is 1.71. The number of hydrazone groups is 1. The highest BCUT2D eigenvalue weighted by Gasteiger charge is 2.52. The van der Waals surface area contributed by atoms with Crippen molar-refractivity contribution in [1.82, 2.24) is 5.43 Å². The van der Waals surface area contributed by atoms with E-state index >= 15 is 0 Å². The lowest BCUT2D eigenvalue weighted by Gasteiger charge is -2.32. The third-order valence-corrected chi connectivity index (χ3v) is 3.63. The summed E-state index contributed by atoms with van der Waals surface area (Å²) in [5.74, 6) is 0. The number of allylic oxidation sites excluding steroid dienone is 2. The summed E-state index contributed by atoms with van der Waals surface area (Å²) in [4.78, 5) is 11.5. The van der Waals surface area contributed by atoms with Gasteiger partial charge in [0, 0.05) is 6.21 Å². The molecule has 124 valence electrons. The third-order valence-electron chi connectivity index (χ3n) is 3.63. The summed E-state index contributed by atoms with van der Waals surface area (Å²) in [5.41, 5.74) is 1.66. The molecule has 0 aromatic heterocycles. The maximum Gasteiger partial charge on any atom is 0.496 e. The molecule has 22 heavy (non-hydrogen) atoms. The molecule has 6 nitrogen and oxygen atoms in total. The molecular weight excluding hydrogens is 283 g/mol. The Balaban J connectivity index is 2.65. The van der Waals surface area contributed by atoms with Crippen molar-refractivity contribution >= 4 is 19.4 Å². The van der Waals surface area contributed by atoms with Gasteiger partial charge in [-0.25, -0.2) is 10.2 Å². The van der Waals surface area contributed by atoms with Crippen LogP contribution in [0.25, 0.3) is 0 Å². The Hall–Kier alpha value is -1.34. The number of nitrogens with one attached hydrogen (secondary N) is 1. The summed E-state index contributed by atoms with van der Waals surface area (Å²) in [6, 6.07) is 0. The highest BCUT2D eigenvalue weighted by atomic mass is 16.7. The van der Waals surface area contributed by atoms with Gasteiger partial charge in [0.2, 0.25) is 0 Å². The Morgan fingerprint density at radius 3 is 2.09 bits per heavy atom. The van der Waals surface area contributed by atoms with Crippen LogP contribution in [0.1, 0.15) is 55.4 Å². The van der Waals surface area contributed by atoms with E-state index in [1.165, 1.54) is 6.21 Å². The van der Waals surface area contributed by atoms with Crippen LogP contribution in [-0.2, 0) is 14.0 Å². The predicted molar refractivity (Wildman–Crippen MR) is 87.7 cm³/mol. The second-order valence-electron chi connectivity index (χ2n) is 7.25. The van der Waals surface area contributed by atoms with Gasteiger partial charge in [-0.15, -0.1) is 0 Å². The average molecular weight is 310 g/mol. The summed E-state index contributed by atoms with van der Waals surface area (Å²) >= 11 is 0. The van der Waals surface area contributed by atoms with Crippen molar-refractivity contribution in [2.24, 2.45) is 5.10 Å². The lowest BCUT2D eigenvalue weighted by atomic mass is 9.79. The molecule has 1 rings (SSSR count). The first kappa shape index (κ1) is 18.7. The van der Waals surface area contributed by atoms with Crippen molar-refractivity contribution in [2.45, 2.75) is 72.2 Å². The summed E-state index contributed by atoms with van der Waals surface area (Å²) < 4.78 is 17.0. The number of hydrogen-bond donors (Lipinski definition) is 1. The van der Waals surface area contributed by atoms with Crippen molar-refractivity contribution in [2.75, 3.05) is 0 Å². The maximum atomic E-state index is 11.5. The zero-order valence-electron chi connectivity index (χ0n) is 14.8. The highest BCUT2D eigenvalue weighted by Crippen LogP contribution is 2.38. The van der Waals surface area contributed by atoms with Gasteiger partial charge in [-0.2, -0.15) is 5.10 Å². The smallest absolute Gasteiger partial charge is 0.443 e. The van der Waals surface area contributed by atoms with Crippen LogP contribution in [0.5, 0.6) is 0 Å². The van der Waals surface area contributed by atoms with Gasteiger partial charge in [0.1, 0.15) is 5.60 Å². The van der Waals surface area contributed by atoms with E-state index in [4.69, 9.17) is 14.0 Å². The van der Waals surface area contributed by atoms with Crippen LogP contribution in [0.4, 0.5) is 4.79 Å². The molecule has 0 saturated carbocycles. The molecule has 0 aromatic rings. The van der Waals surface area contributed by atoms with E-state index in [0.717, 1.165) is 5.47 Å². The maximum absolute atomic E-state index is 11.5. The molecule has 1 N–H and O–H groups in total. The summed E-state index contributed by atoms with van der Waals surface area (Å²) in [6.07, 6.45) is 2.74. The second kappa shape index (κ2) is 6.42. The van der Waals surface area contributed by atoms with Crippen LogP contribution in [0.3, 0.4) is 0 Å². The van der Waals surface area contributed by atoms with Gasteiger partial charge in [0.25, 0.3) is 0 Å².